The lowest BCUT2D eigenvalue weighted by Gasteiger charge is -2.41. The molecule has 0 spiro atoms. The normalized spacial score (nSPS) is 33.6. The first-order valence-electron chi connectivity index (χ1n) is 14.2. The zero-order valence-electron chi connectivity index (χ0n) is 24.4. The predicted molar refractivity (Wildman–Crippen MR) is 150 cm³/mol. The number of phenols is 4. The van der Waals surface area contributed by atoms with E-state index >= 15 is 0 Å². The quantitative estimate of drug-likeness (QED) is 0.103. The number of ether oxygens (including phenoxy) is 6. The number of aliphatic hydroxyl groups excluding tert-OH is 7. The SMILES string of the molecule is CC(=O)OCC1OC(Oc2cc(O)cc3c2C=C(OC2OC(CO)C(O)C(O)C2O)C(c2cc(O)c(O)c(O)c2)O3)C(O)C(O)C1O. The average molecular weight is 671 g/mol. The van der Waals surface area contributed by atoms with Crippen molar-refractivity contribution in [3.63, 3.8) is 0 Å². The summed E-state index contributed by atoms with van der Waals surface area (Å²) in [6, 6.07) is 4.23. The van der Waals surface area contributed by atoms with Gasteiger partial charge in [-0.05, 0) is 18.2 Å². The van der Waals surface area contributed by atoms with Gasteiger partial charge in [-0.25, -0.2) is 0 Å². The van der Waals surface area contributed by atoms with E-state index < -0.39 is 110 Å². The van der Waals surface area contributed by atoms with E-state index in [-0.39, 0.29) is 28.4 Å². The van der Waals surface area contributed by atoms with Crippen LogP contribution in [0.1, 0.15) is 24.2 Å². The number of esters is 1. The summed E-state index contributed by atoms with van der Waals surface area (Å²) in [4.78, 5) is 11.3. The molecule has 258 valence electrons. The molecular weight excluding hydrogens is 636 g/mol. The Hall–Kier alpha value is -4.11. The van der Waals surface area contributed by atoms with Crippen molar-refractivity contribution >= 4 is 12.0 Å². The van der Waals surface area contributed by atoms with Crippen molar-refractivity contribution < 1.29 is 89.4 Å². The minimum atomic E-state index is -1.87. The third kappa shape index (κ3) is 6.82. The van der Waals surface area contributed by atoms with Crippen LogP contribution in [0.5, 0.6) is 34.5 Å². The van der Waals surface area contributed by atoms with Gasteiger partial charge in [-0.1, -0.05) is 0 Å². The van der Waals surface area contributed by atoms with Gasteiger partial charge in [-0.3, -0.25) is 4.79 Å². The van der Waals surface area contributed by atoms with Crippen LogP contribution in [0.2, 0.25) is 0 Å². The molecule has 47 heavy (non-hydrogen) atoms. The van der Waals surface area contributed by atoms with Gasteiger partial charge in [0.2, 0.25) is 12.6 Å². The number of phenolic OH excluding ortho intramolecular Hbond substituents is 4. The number of hydrogen-bond donors (Lipinski definition) is 11. The number of carbonyl (C=O) groups excluding carboxylic acids is 1. The van der Waals surface area contributed by atoms with Crippen LogP contribution in [0, 0.1) is 0 Å². The van der Waals surface area contributed by atoms with E-state index in [0.717, 1.165) is 31.2 Å². The summed E-state index contributed by atoms with van der Waals surface area (Å²) in [6.45, 7) is -0.170. The van der Waals surface area contributed by atoms with E-state index in [0.29, 0.717) is 0 Å². The number of aromatic hydroxyl groups is 4. The Balaban J connectivity index is 1.54. The van der Waals surface area contributed by atoms with Gasteiger partial charge in [0.05, 0.1) is 12.2 Å². The number of rotatable bonds is 8. The molecule has 0 aromatic heterocycles. The van der Waals surface area contributed by atoms with Gasteiger partial charge in [-0.2, -0.15) is 0 Å². The molecule has 11 atom stereocenters. The maximum absolute atomic E-state index is 11.3. The maximum atomic E-state index is 11.3. The Morgan fingerprint density at radius 2 is 1.34 bits per heavy atom. The topological polar surface area (TPSA) is 295 Å². The average Bonchev–Trinajstić information content (AvgIpc) is 3.03. The Labute approximate surface area is 265 Å². The lowest BCUT2D eigenvalue weighted by molar-refractivity contribution is -0.293. The Morgan fingerprint density at radius 1 is 0.766 bits per heavy atom. The summed E-state index contributed by atoms with van der Waals surface area (Å²) in [5, 5.41) is 113. The van der Waals surface area contributed by atoms with Crippen molar-refractivity contribution in [1.82, 2.24) is 0 Å². The molecule has 18 nitrogen and oxygen atoms in total. The molecule has 3 heterocycles. The second-order valence-electron chi connectivity index (χ2n) is 11.1. The zero-order valence-corrected chi connectivity index (χ0v) is 24.4. The van der Waals surface area contributed by atoms with Crippen molar-refractivity contribution in [2.45, 2.75) is 74.4 Å². The molecule has 0 radical (unpaired) electrons. The molecule has 3 aliphatic heterocycles. The third-order valence-electron chi connectivity index (χ3n) is 7.74. The minimum Gasteiger partial charge on any atom is -0.508 e. The van der Waals surface area contributed by atoms with Crippen molar-refractivity contribution in [2.24, 2.45) is 0 Å². The molecule has 0 saturated carbocycles. The van der Waals surface area contributed by atoms with Gasteiger partial charge >= 0.3 is 5.97 Å². The van der Waals surface area contributed by atoms with Crippen LogP contribution in [0.15, 0.2) is 30.0 Å². The number of hydrogen-bond acceptors (Lipinski definition) is 18. The molecule has 5 rings (SSSR count). The summed E-state index contributed by atoms with van der Waals surface area (Å²) < 4.78 is 33.6. The highest BCUT2D eigenvalue weighted by Crippen LogP contribution is 2.47. The molecule has 2 saturated heterocycles. The molecule has 11 unspecified atom stereocenters. The van der Waals surface area contributed by atoms with Crippen molar-refractivity contribution in [1.29, 1.82) is 0 Å². The van der Waals surface area contributed by atoms with Crippen molar-refractivity contribution in [3.8, 4) is 34.5 Å². The molecule has 3 aliphatic rings. The monoisotopic (exact) mass is 670 g/mol. The van der Waals surface area contributed by atoms with E-state index in [1.165, 1.54) is 6.08 Å². The molecule has 18 heteroatoms. The van der Waals surface area contributed by atoms with Crippen LogP contribution in [0.4, 0.5) is 0 Å². The van der Waals surface area contributed by atoms with Crippen LogP contribution in [0.3, 0.4) is 0 Å². The molecule has 0 bridgehead atoms. The predicted octanol–water partition coefficient (Wildman–Crippen LogP) is -2.45. The van der Waals surface area contributed by atoms with Crippen LogP contribution >= 0.6 is 0 Å². The summed E-state index contributed by atoms with van der Waals surface area (Å²) in [5.41, 5.74) is -0.0552. The smallest absolute Gasteiger partial charge is 0.302 e. The van der Waals surface area contributed by atoms with Gasteiger partial charge < -0.3 is 84.6 Å². The first kappa shape index (κ1) is 34.2. The summed E-state index contributed by atoms with van der Waals surface area (Å²) >= 11 is 0. The number of fused-ring (bicyclic) bond motifs is 1. The van der Waals surface area contributed by atoms with Gasteiger partial charge in [0.25, 0.3) is 0 Å². The first-order chi connectivity index (χ1) is 22.2. The standard InChI is InChI=1S/C29H34O18/c1-9(31)42-8-19-22(37)24(39)26(41)28(47-19)44-16-5-11(32)4-15-12(16)6-17(27(43-15)10-2-13(33)20(35)14(34)3-10)45-29-25(40)23(38)21(36)18(7-30)46-29/h2-6,18-19,21-30,32-41H,7-8H2,1H3. The second-order valence-corrected chi connectivity index (χ2v) is 11.1. The molecule has 11 N–H and O–H groups in total. The van der Waals surface area contributed by atoms with Crippen LogP contribution < -0.4 is 9.47 Å². The van der Waals surface area contributed by atoms with Crippen molar-refractivity contribution in [3.05, 3.63) is 41.2 Å². The van der Waals surface area contributed by atoms with E-state index in [9.17, 15) is 61.0 Å². The second kappa shape index (κ2) is 13.6. The van der Waals surface area contributed by atoms with E-state index in [1.807, 2.05) is 0 Å². The summed E-state index contributed by atoms with van der Waals surface area (Å²) in [5.74, 6) is -4.16. The van der Waals surface area contributed by atoms with Gasteiger partial charge in [0.1, 0.15) is 78.4 Å². The number of carbonyl (C=O) groups is 1. The molecule has 2 aromatic carbocycles. The molecule has 0 aliphatic carbocycles. The van der Waals surface area contributed by atoms with Gasteiger partial charge in [0, 0.05) is 24.6 Å². The minimum absolute atomic E-state index is 0.0150. The lowest BCUT2D eigenvalue weighted by Crippen LogP contribution is -2.60. The van der Waals surface area contributed by atoms with E-state index in [2.05, 4.69) is 0 Å². The number of benzene rings is 2. The Bertz CT molecular complexity index is 1470. The fourth-order valence-corrected chi connectivity index (χ4v) is 5.21. The number of aliphatic hydroxyl groups is 7. The van der Waals surface area contributed by atoms with E-state index in [4.69, 9.17) is 28.4 Å². The Kier molecular flexibility index (Phi) is 9.87. The first-order valence-corrected chi connectivity index (χ1v) is 14.2. The van der Waals surface area contributed by atoms with Gasteiger partial charge in [0.15, 0.2) is 23.4 Å². The highest BCUT2D eigenvalue weighted by molar-refractivity contribution is 5.70. The zero-order chi connectivity index (χ0) is 34.3. The fourth-order valence-electron chi connectivity index (χ4n) is 5.21. The van der Waals surface area contributed by atoms with Crippen LogP contribution in [0.25, 0.3) is 6.08 Å². The molecule has 2 aromatic rings. The van der Waals surface area contributed by atoms with Crippen molar-refractivity contribution in [2.75, 3.05) is 13.2 Å². The Morgan fingerprint density at radius 3 is 1.94 bits per heavy atom. The van der Waals surface area contributed by atoms with Crippen LogP contribution in [-0.2, 0) is 23.7 Å². The fraction of sp³-hybridized carbons (Fsp3) is 0.483. The van der Waals surface area contributed by atoms with Gasteiger partial charge in [-0.15, -0.1) is 0 Å². The highest BCUT2D eigenvalue weighted by atomic mass is 16.7. The highest BCUT2D eigenvalue weighted by Gasteiger charge is 2.47. The maximum Gasteiger partial charge on any atom is 0.302 e. The third-order valence-corrected chi connectivity index (χ3v) is 7.74. The lowest BCUT2D eigenvalue weighted by atomic mass is 9.98. The largest absolute Gasteiger partial charge is 0.508 e. The molecule has 0 amide bonds. The molecular formula is C29H34O18. The molecule has 2 fully saturated rings. The summed E-state index contributed by atoms with van der Waals surface area (Å²) in [7, 11) is 0. The van der Waals surface area contributed by atoms with E-state index in [1.54, 1.807) is 0 Å². The van der Waals surface area contributed by atoms with Crippen LogP contribution in [-0.4, -0.2) is 137 Å². The summed E-state index contributed by atoms with van der Waals surface area (Å²) in [6.07, 6.45) is -17.1.